The second-order valence-electron chi connectivity index (χ2n) is 2.60. The summed E-state index contributed by atoms with van der Waals surface area (Å²) in [5.74, 6) is -1.94. The van der Waals surface area contributed by atoms with E-state index in [2.05, 4.69) is 10.0 Å². The topological polar surface area (TPSA) is 82.9 Å². The number of rotatable bonds is 3. The van der Waals surface area contributed by atoms with Crippen molar-refractivity contribution in [2.45, 2.75) is 0 Å². The van der Waals surface area contributed by atoms with Crippen molar-refractivity contribution in [2.75, 3.05) is 0 Å². The average Bonchev–Trinajstić information content (AvgIpc) is 2.27. The minimum Gasteiger partial charge on any atom is -0.286 e. The Balaban J connectivity index is 2.71. The zero-order chi connectivity index (χ0) is 11.1. The fourth-order valence-electron chi connectivity index (χ4n) is 0.897. The van der Waals surface area contributed by atoms with Gasteiger partial charge in [0.15, 0.2) is 0 Å². The second-order valence-corrected chi connectivity index (χ2v) is 2.60. The fraction of sp³-hybridized carbons (Fsp3) is 0. The third kappa shape index (κ3) is 3.46. The normalized spacial score (nSPS) is 9.60. The van der Waals surface area contributed by atoms with Crippen LogP contribution in [0.4, 0.5) is 0 Å². The molecular weight excluding hydrogens is 194 g/mol. The highest BCUT2D eigenvalue weighted by Crippen LogP contribution is 2.01. The van der Waals surface area contributed by atoms with E-state index in [0.717, 1.165) is 11.6 Å². The zero-order valence-electron chi connectivity index (χ0n) is 7.70. The van der Waals surface area contributed by atoms with E-state index in [-0.39, 0.29) is 0 Å². The highest BCUT2D eigenvalue weighted by Gasteiger charge is 2.06. The molecule has 0 heterocycles. The first-order valence-electron chi connectivity index (χ1n) is 4.10. The van der Waals surface area contributed by atoms with Crippen LogP contribution in [0.2, 0.25) is 0 Å². The SMILES string of the molecule is [N-]=[N+]=NC(=O)C(=O)/C=C/c1ccccc1. The minimum atomic E-state index is -1.11. The molecule has 0 aliphatic carbocycles. The Morgan fingerprint density at radius 3 is 2.53 bits per heavy atom. The average molecular weight is 201 g/mol. The molecule has 0 atom stereocenters. The van der Waals surface area contributed by atoms with Crippen molar-refractivity contribution in [1.29, 1.82) is 0 Å². The van der Waals surface area contributed by atoms with Crippen LogP contribution in [0, 0.1) is 0 Å². The maximum absolute atomic E-state index is 11.0. The number of ketones is 1. The molecule has 74 valence electrons. The minimum absolute atomic E-state index is 0.791. The summed E-state index contributed by atoms with van der Waals surface area (Å²) in [4.78, 5) is 24.0. The molecule has 0 spiro atoms. The van der Waals surface area contributed by atoms with Gasteiger partial charge in [-0.2, -0.15) is 0 Å². The van der Waals surface area contributed by atoms with Crippen molar-refractivity contribution in [3.05, 3.63) is 52.4 Å². The Bertz CT molecular complexity index is 445. The monoisotopic (exact) mass is 201 g/mol. The molecule has 0 aliphatic heterocycles. The standard InChI is InChI=1S/C10H7N3O2/c11-13-12-10(15)9(14)7-6-8-4-2-1-3-5-8/h1-7H/b7-6+. The molecule has 1 rings (SSSR count). The number of azide groups is 1. The Hall–Kier alpha value is -2.39. The third-order valence-corrected chi connectivity index (χ3v) is 1.57. The zero-order valence-corrected chi connectivity index (χ0v) is 7.70. The third-order valence-electron chi connectivity index (χ3n) is 1.57. The molecule has 0 radical (unpaired) electrons. The Morgan fingerprint density at radius 1 is 1.27 bits per heavy atom. The van der Waals surface area contributed by atoms with Crippen molar-refractivity contribution in [3.8, 4) is 0 Å². The van der Waals surface area contributed by atoms with Crippen LogP contribution in [0.5, 0.6) is 0 Å². The molecule has 5 heteroatoms. The summed E-state index contributed by atoms with van der Waals surface area (Å²) in [6.45, 7) is 0. The summed E-state index contributed by atoms with van der Waals surface area (Å²) >= 11 is 0. The van der Waals surface area contributed by atoms with Crippen molar-refractivity contribution >= 4 is 17.8 Å². The van der Waals surface area contributed by atoms with Crippen LogP contribution >= 0.6 is 0 Å². The maximum atomic E-state index is 11.0. The first-order chi connectivity index (χ1) is 7.24. The van der Waals surface area contributed by atoms with E-state index in [4.69, 9.17) is 5.53 Å². The molecule has 0 unspecified atom stereocenters. The van der Waals surface area contributed by atoms with Crippen LogP contribution in [-0.2, 0) is 9.59 Å². The van der Waals surface area contributed by atoms with E-state index < -0.39 is 11.7 Å². The molecule has 0 fully saturated rings. The van der Waals surface area contributed by atoms with Gasteiger partial charge in [0.05, 0.1) is 0 Å². The number of carbonyl (C=O) groups is 2. The number of carbonyl (C=O) groups excluding carboxylic acids is 2. The first-order valence-corrected chi connectivity index (χ1v) is 4.10. The smallest absolute Gasteiger partial charge is 0.286 e. The summed E-state index contributed by atoms with van der Waals surface area (Å²) in [6.07, 6.45) is 2.56. The van der Waals surface area contributed by atoms with Gasteiger partial charge in [0, 0.05) is 4.91 Å². The lowest BCUT2D eigenvalue weighted by atomic mass is 10.2. The van der Waals surface area contributed by atoms with E-state index >= 15 is 0 Å². The second kappa shape index (κ2) is 5.36. The Kier molecular flexibility index (Phi) is 3.82. The highest BCUT2D eigenvalue weighted by atomic mass is 16.2. The molecular formula is C10H7N3O2. The number of nitrogens with zero attached hydrogens (tertiary/aromatic N) is 3. The molecule has 0 saturated heterocycles. The number of hydrogen-bond donors (Lipinski definition) is 0. The molecule has 5 nitrogen and oxygen atoms in total. The first kappa shape index (κ1) is 10.7. The lowest BCUT2D eigenvalue weighted by Crippen LogP contribution is -2.05. The summed E-state index contributed by atoms with van der Waals surface area (Å²) in [7, 11) is 0. The van der Waals surface area contributed by atoms with Crippen molar-refractivity contribution < 1.29 is 9.59 Å². The maximum Gasteiger partial charge on any atom is 0.288 e. The summed E-state index contributed by atoms with van der Waals surface area (Å²) in [5.41, 5.74) is 8.72. The molecule has 0 aliphatic rings. The van der Waals surface area contributed by atoms with Gasteiger partial charge in [0.1, 0.15) is 0 Å². The van der Waals surface area contributed by atoms with Gasteiger partial charge >= 0.3 is 0 Å². The van der Waals surface area contributed by atoms with E-state index in [1.807, 2.05) is 6.07 Å². The van der Waals surface area contributed by atoms with Gasteiger partial charge < -0.3 is 0 Å². The Morgan fingerprint density at radius 2 is 1.93 bits per heavy atom. The lowest BCUT2D eigenvalue weighted by molar-refractivity contribution is -0.133. The largest absolute Gasteiger partial charge is 0.288 e. The molecule has 1 aromatic rings. The summed E-state index contributed by atoms with van der Waals surface area (Å²) < 4.78 is 0. The molecule has 0 bridgehead atoms. The van der Waals surface area contributed by atoms with Gasteiger partial charge in [0.2, 0.25) is 5.78 Å². The van der Waals surface area contributed by atoms with Crippen LogP contribution in [-0.4, -0.2) is 11.7 Å². The van der Waals surface area contributed by atoms with Crippen LogP contribution in [0.3, 0.4) is 0 Å². The molecule has 0 saturated carbocycles. The van der Waals surface area contributed by atoms with Gasteiger partial charge in [-0.1, -0.05) is 36.4 Å². The van der Waals surface area contributed by atoms with Gasteiger partial charge in [0.25, 0.3) is 5.91 Å². The quantitative estimate of drug-likeness (QED) is 0.246. The fourth-order valence-corrected chi connectivity index (χ4v) is 0.897. The van der Waals surface area contributed by atoms with Crippen molar-refractivity contribution in [2.24, 2.45) is 5.11 Å². The molecule has 0 aromatic heterocycles. The van der Waals surface area contributed by atoms with E-state index in [9.17, 15) is 9.59 Å². The van der Waals surface area contributed by atoms with Gasteiger partial charge in [-0.05, 0) is 22.3 Å². The van der Waals surface area contributed by atoms with E-state index in [0.29, 0.717) is 0 Å². The van der Waals surface area contributed by atoms with Gasteiger partial charge in [-0.15, -0.1) is 0 Å². The predicted molar refractivity (Wildman–Crippen MR) is 54.6 cm³/mol. The Labute approximate surface area is 85.7 Å². The summed E-state index contributed by atoms with van der Waals surface area (Å²) in [6, 6.07) is 9.01. The molecule has 1 amide bonds. The predicted octanol–water partition coefficient (Wildman–Crippen LogP) is 2.11. The van der Waals surface area contributed by atoms with Gasteiger partial charge in [-0.25, -0.2) is 0 Å². The molecule has 1 aromatic carbocycles. The molecule has 0 N–H and O–H groups in total. The molecule has 15 heavy (non-hydrogen) atoms. The van der Waals surface area contributed by atoms with E-state index in [1.54, 1.807) is 24.3 Å². The van der Waals surface area contributed by atoms with Crippen LogP contribution < -0.4 is 0 Å². The summed E-state index contributed by atoms with van der Waals surface area (Å²) in [5, 5.41) is 2.68. The van der Waals surface area contributed by atoms with Crippen LogP contribution in [0.25, 0.3) is 16.5 Å². The van der Waals surface area contributed by atoms with E-state index in [1.165, 1.54) is 6.08 Å². The number of amides is 1. The van der Waals surface area contributed by atoms with Crippen molar-refractivity contribution in [1.82, 2.24) is 0 Å². The van der Waals surface area contributed by atoms with Crippen LogP contribution in [0.1, 0.15) is 5.56 Å². The van der Waals surface area contributed by atoms with Crippen molar-refractivity contribution in [3.63, 3.8) is 0 Å². The number of hydrogen-bond acceptors (Lipinski definition) is 2. The van der Waals surface area contributed by atoms with Crippen LogP contribution in [0.15, 0.2) is 41.5 Å². The number of benzene rings is 1. The van der Waals surface area contributed by atoms with Gasteiger partial charge in [-0.3, -0.25) is 9.59 Å². The lowest BCUT2D eigenvalue weighted by Gasteiger charge is -1.89. The highest BCUT2D eigenvalue weighted by molar-refractivity contribution is 6.41.